The van der Waals surface area contributed by atoms with Crippen LogP contribution in [0.1, 0.15) is 16.8 Å². The Labute approximate surface area is 140 Å². The Balaban J connectivity index is 1.40. The molecule has 0 saturated carbocycles. The first-order chi connectivity index (χ1) is 11.2. The van der Waals surface area contributed by atoms with Crippen LogP contribution in [0.15, 0.2) is 35.6 Å². The Morgan fingerprint density at radius 3 is 3.04 bits per heavy atom. The van der Waals surface area contributed by atoms with Gasteiger partial charge in [0, 0.05) is 25.0 Å². The molecule has 0 radical (unpaired) electrons. The van der Waals surface area contributed by atoms with Crippen molar-refractivity contribution in [3.05, 3.63) is 47.3 Å². The Morgan fingerprint density at radius 1 is 1.39 bits per heavy atom. The number of imidazole rings is 1. The van der Waals surface area contributed by atoms with Gasteiger partial charge in [-0.1, -0.05) is 36.0 Å². The number of aryl methyl sites for hydroxylation is 1. The number of likely N-dealkylation sites (N-methyl/N-ethyl adjacent to an activating group) is 1. The van der Waals surface area contributed by atoms with E-state index in [1.807, 2.05) is 13.1 Å². The zero-order valence-electron chi connectivity index (χ0n) is 13.2. The molecule has 4 rings (SSSR count). The van der Waals surface area contributed by atoms with E-state index in [0.29, 0.717) is 6.54 Å². The van der Waals surface area contributed by atoms with Crippen LogP contribution in [0.3, 0.4) is 0 Å². The highest BCUT2D eigenvalue weighted by atomic mass is 32.2. The predicted molar refractivity (Wildman–Crippen MR) is 90.2 cm³/mol. The van der Waals surface area contributed by atoms with Gasteiger partial charge in [-0.05, 0) is 24.6 Å². The van der Waals surface area contributed by atoms with Gasteiger partial charge in [0.05, 0.1) is 18.3 Å². The second-order valence-electron chi connectivity index (χ2n) is 6.18. The summed E-state index contributed by atoms with van der Waals surface area (Å²) in [5.41, 5.74) is 3.55. The molecule has 2 aliphatic rings. The van der Waals surface area contributed by atoms with Crippen molar-refractivity contribution in [2.75, 3.05) is 12.8 Å². The van der Waals surface area contributed by atoms with Crippen molar-refractivity contribution >= 4 is 17.7 Å². The number of rotatable bonds is 3. The lowest BCUT2D eigenvalue weighted by atomic mass is 9.94. The molecule has 2 aromatic rings. The van der Waals surface area contributed by atoms with Crippen molar-refractivity contribution < 1.29 is 4.79 Å². The van der Waals surface area contributed by atoms with E-state index in [2.05, 4.69) is 44.2 Å². The van der Waals surface area contributed by atoms with Crippen LogP contribution in [0.25, 0.3) is 0 Å². The third kappa shape index (κ3) is 2.88. The van der Waals surface area contributed by atoms with Gasteiger partial charge in [-0.25, -0.2) is 4.98 Å². The SMILES string of the molecule is CN1Cc2ccccc2C[C@@H]1C(=O)NCc1cn2c(n1)SCC2. The summed E-state index contributed by atoms with van der Waals surface area (Å²) in [5.74, 6) is 1.18. The molecule has 1 amide bonds. The van der Waals surface area contributed by atoms with Crippen molar-refractivity contribution in [2.45, 2.75) is 37.3 Å². The quantitative estimate of drug-likeness (QED) is 0.931. The van der Waals surface area contributed by atoms with E-state index in [1.54, 1.807) is 11.8 Å². The van der Waals surface area contributed by atoms with Crippen LogP contribution < -0.4 is 5.32 Å². The zero-order valence-corrected chi connectivity index (χ0v) is 14.0. The minimum Gasteiger partial charge on any atom is -0.349 e. The van der Waals surface area contributed by atoms with Gasteiger partial charge in [-0.15, -0.1) is 0 Å². The van der Waals surface area contributed by atoms with E-state index in [1.165, 1.54) is 11.1 Å². The van der Waals surface area contributed by atoms with E-state index in [9.17, 15) is 4.79 Å². The van der Waals surface area contributed by atoms with E-state index >= 15 is 0 Å². The molecule has 3 heterocycles. The average Bonchev–Trinajstić information content (AvgIpc) is 3.13. The Bertz CT molecular complexity index is 720. The lowest BCUT2D eigenvalue weighted by Gasteiger charge is -2.32. The first kappa shape index (κ1) is 14.8. The lowest BCUT2D eigenvalue weighted by molar-refractivity contribution is -0.126. The molecule has 1 N–H and O–H groups in total. The molecule has 0 fully saturated rings. The van der Waals surface area contributed by atoms with Crippen LogP contribution in [-0.4, -0.2) is 39.2 Å². The van der Waals surface area contributed by atoms with Crippen molar-refractivity contribution in [3.63, 3.8) is 0 Å². The molecule has 1 atom stereocenters. The van der Waals surface area contributed by atoms with Crippen molar-refractivity contribution in [2.24, 2.45) is 0 Å². The summed E-state index contributed by atoms with van der Waals surface area (Å²) in [6.45, 7) is 2.35. The smallest absolute Gasteiger partial charge is 0.238 e. The van der Waals surface area contributed by atoms with Gasteiger partial charge in [0.1, 0.15) is 0 Å². The van der Waals surface area contributed by atoms with Crippen molar-refractivity contribution in [1.82, 2.24) is 19.8 Å². The minimum atomic E-state index is -0.103. The topological polar surface area (TPSA) is 50.2 Å². The highest BCUT2D eigenvalue weighted by Crippen LogP contribution is 2.25. The molecule has 120 valence electrons. The highest BCUT2D eigenvalue weighted by molar-refractivity contribution is 7.99. The molecule has 1 aromatic heterocycles. The lowest BCUT2D eigenvalue weighted by Crippen LogP contribution is -2.48. The highest BCUT2D eigenvalue weighted by Gasteiger charge is 2.28. The third-order valence-corrected chi connectivity index (χ3v) is 5.55. The van der Waals surface area contributed by atoms with Crippen LogP contribution in [-0.2, 0) is 30.8 Å². The zero-order chi connectivity index (χ0) is 15.8. The molecule has 6 heteroatoms. The fourth-order valence-electron chi connectivity index (χ4n) is 3.29. The first-order valence-electron chi connectivity index (χ1n) is 7.94. The fraction of sp³-hybridized carbons (Fsp3) is 0.412. The number of nitrogens with one attached hydrogen (secondary N) is 1. The maximum Gasteiger partial charge on any atom is 0.238 e. The number of benzene rings is 1. The van der Waals surface area contributed by atoms with Crippen LogP contribution >= 0.6 is 11.8 Å². The number of carbonyl (C=O) groups is 1. The monoisotopic (exact) mass is 328 g/mol. The van der Waals surface area contributed by atoms with Crippen molar-refractivity contribution in [3.8, 4) is 0 Å². The van der Waals surface area contributed by atoms with Crippen molar-refractivity contribution in [1.29, 1.82) is 0 Å². The molecule has 23 heavy (non-hydrogen) atoms. The number of aromatic nitrogens is 2. The summed E-state index contributed by atoms with van der Waals surface area (Å²) in [5, 5.41) is 4.12. The van der Waals surface area contributed by atoms with Gasteiger partial charge in [0.2, 0.25) is 5.91 Å². The number of hydrogen-bond acceptors (Lipinski definition) is 4. The number of thioether (sulfide) groups is 1. The molecule has 0 spiro atoms. The van der Waals surface area contributed by atoms with Crippen LogP contribution in [0.4, 0.5) is 0 Å². The molecular formula is C17H20N4OS. The number of hydrogen-bond donors (Lipinski definition) is 1. The van der Waals surface area contributed by atoms with E-state index < -0.39 is 0 Å². The molecular weight excluding hydrogens is 308 g/mol. The van der Waals surface area contributed by atoms with Gasteiger partial charge in [-0.2, -0.15) is 0 Å². The standard InChI is InChI=1S/C17H20N4OS/c1-20-10-13-5-3-2-4-12(13)8-15(20)16(22)18-9-14-11-21-6-7-23-17(21)19-14/h2-5,11,15H,6-10H2,1H3,(H,18,22)/t15-/m1/s1. The van der Waals surface area contributed by atoms with Gasteiger partial charge < -0.3 is 9.88 Å². The molecule has 0 unspecified atom stereocenters. The molecule has 0 aliphatic carbocycles. The normalized spacial score (nSPS) is 20.1. The average molecular weight is 328 g/mol. The second-order valence-corrected chi connectivity index (χ2v) is 7.24. The molecule has 2 aliphatic heterocycles. The Hall–Kier alpha value is -1.79. The summed E-state index contributed by atoms with van der Waals surface area (Å²) < 4.78 is 2.16. The van der Waals surface area contributed by atoms with E-state index in [0.717, 1.165) is 36.1 Å². The predicted octanol–water partition coefficient (Wildman–Crippen LogP) is 1.66. The summed E-state index contributed by atoms with van der Waals surface area (Å²) in [6.07, 6.45) is 2.82. The maximum absolute atomic E-state index is 12.6. The molecule has 0 bridgehead atoms. The molecule has 5 nitrogen and oxygen atoms in total. The first-order valence-corrected chi connectivity index (χ1v) is 8.93. The number of amides is 1. The van der Waals surface area contributed by atoms with Gasteiger partial charge in [0.25, 0.3) is 0 Å². The van der Waals surface area contributed by atoms with E-state index in [4.69, 9.17) is 0 Å². The summed E-state index contributed by atoms with van der Waals surface area (Å²) in [6, 6.07) is 8.27. The maximum atomic E-state index is 12.6. The minimum absolute atomic E-state index is 0.0859. The Kier molecular flexibility index (Phi) is 3.87. The summed E-state index contributed by atoms with van der Waals surface area (Å²) in [7, 11) is 2.02. The van der Waals surface area contributed by atoms with Gasteiger partial charge in [0.15, 0.2) is 5.16 Å². The number of fused-ring (bicyclic) bond motifs is 2. The summed E-state index contributed by atoms with van der Waals surface area (Å²) in [4.78, 5) is 19.3. The van der Waals surface area contributed by atoms with Crippen LogP contribution in [0, 0.1) is 0 Å². The van der Waals surface area contributed by atoms with E-state index in [-0.39, 0.29) is 11.9 Å². The number of nitrogens with zero attached hydrogens (tertiary/aromatic N) is 3. The molecule has 1 aromatic carbocycles. The summed E-state index contributed by atoms with van der Waals surface area (Å²) >= 11 is 1.77. The van der Waals surface area contributed by atoms with Crippen LogP contribution in [0.5, 0.6) is 0 Å². The van der Waals surface area contributed by atoms with Crippen LogP contribution in [0.2, 0.25) is 0 Å². The fourth-order valence-corrected chi connectivity index (χ4v) is 4.25. The van der Waals surface area contributed by atoms with Gasteiger partial charge >= 0.3 is 0 Å². The molecule has 0 saturated heterocycles. The largest absolute Gasteiger partial charge is 0.349 e. The third-order valence-electron chi connectivity index (χ3n) is 4.58. The number of carbonyl (C=O) groups excluding carboxylic acids is 1. The Morgan fingerprint density at radius 2 is 2.22 bits per heavy atom. The van der Waals surface area contributed by atoms with Gasteiger partial charge in [-0.3, -0.25) is 9.69 Å². The second kappa shape index (κ2) is 6.02.